The Labute approximate surface area is 214 Å². The van der Waals surface area contributed by atoms with Gasteiger partial charge in [0.25, 0.3) is 0 Å². The second-order valence-electron chi connectivity index (χ2n) is 8.61. The van der Waals surface area contributed by atoms with Crippen LogP contribution in [0.2, 0.25) is 0 Å². The zero-order valence-corrected chi connectivity index (χ0v) is 20.3. The van der Waals surface area contributed by atoms with Gasteiger partial charge >= 0.3 is 6.09 Å². The van der Waals surface area contributed by atoms with E-state index in [4.69, 9.17) is 4.74 Å². The Balaban J connectivity index is 0.00000171. The molecule has 0 unspecified atom stereocenters. The van der Waals surface area contributed by atoms with Crippen molar-refractivity contribution in [1.82, 2.24) is 15.2 Å². The highest BCUT2D eigenvalue weighted by atomic mass is 35.5. The van der Waals surface area contributed by atoms with Crippen LogP contribution in [-0.4, -0.2) is 40.0 Å². The Morgan fingerprint density at radius 2 is 1.77 bits per heavy atom. The van der Waals surface area contributed by atoms with Crippen molar-refractivity contribution in [3.8, 4) is 11.3 Å². The molecule has 1 N–H and O–H groups in total. The molecule has 3 heterocycles. The molecule has 1 amide bonds. The lowest BCUT2D eigenvalue weighted by Crippen LogP contribution is -2.39. The van der Waals surface area contributed by atoms with Crippen LogP contribution >= 0.6 is 24.8 Å². The van der Waals surface area contributed by atoms with E-state index in [-0.39, 0.29) is 30.9 Å². The van der Waals surface area contributed by atoms with Gasteiger partial charge in [-0.05, 0) is 68.0 Å². The van der Waals surface area contributed by atoms with Crippen LogP contribution in [0.25, 0.3) is 11.3 Å². The number of aromatic nitrogens is 3. The van der Waals surface area contributed by atoms with E-state index >= 15 is 0 Å². The summed E-state index contributed by atoms with van der Waals surface area (Å²) in [4.78, 5) is 18.3. The third kappa shape index (κ3) is 5.97. The standard InChI is InChI=1S/C24H23F2N5O2.2ClH/c25-18-11-17(12-19(26)13-18)20-4-5-21(30-29-20)28-14-16-6-8-24(9-7-16)15-31(23(32)33-24)22-3-1-2-10-27-22;;/h1-5,10-13,16H,6-9,14-15H2,(H,28,30);2*1H. The van der Waals surface area contributed by atoms with Gasteiger partial charge < -0.3 is 10.1 Å². The largest absolute Gasteiger partial charge is 0.441 e. The number of rotatable bonds is 5. The predicted octanol–water partition coefficient (Wildman–Crippen LogP) is 5.66. The molecule has 2 aliphatic rings. The fourth-order valence-electron chi connectivity index (χ4n) is 4.51. The summed E-state index contributed by atoms with van der Waals surface area (Å²) in [5.41, 5.74) is 0.293. The number of ether oxygens (including phenoxy) is 1. The van der Waals surface area contributed by atoms with E-state index in [1.165, 1.54) is 12.1 Å². The Hall–Kier alpha value is -3.04. The molecule has 7 nitrogen and oxygen atoms in total. The molecule has 5 rings (SSSR count). The first-order valence-electron chi connectivity index (χ1n) is 11.0. The van der Waals surface area contributed by atoms with Crippen molar-refractivity contribution in [1.29, 1.82) is 0 Å². The normalized spacial score (nSPS) is 21.1. The molecule has 2 fully saturated rings. The van der Waals surface area contributed by atoms with Gasteiger partial charge in [0.05, 0.1) is 12.2 Å². The number of nitrogens with zero attached hydrogens (tertiary/aromatic N) is 4. The number of hydrogen-bond donors (Lipinski definition) is 1. The second-order valence-corrected chi connectivity index (χ2v) is 8.61. The van der Waals surface area contributed by atoms with Crippen LogP contribution in [0.15, 0.2) is 54.7 Å². The van der Waals surface area contributed by atoms with E-state index in [1.807, 2.05) is 18.2 Å². The zero-order valence-electron chi connectivity index (χ0n) is 18.7. The molecule has 0 atom stereocenters. The minimum absolute atomic E-state index is 0. The van der Waals surface area contributed by atoms with Crippen LogP contribution in [0, 0.1) is 17.6 Å². The number of amides is 1. The van der Waals surface area contributed by atoms with Gasteiger partial charge in [0, 0.05) is 24.4 Å². The first-order valence-corrected chi connectivity index (χ1v) is 11.0. The van der Waals surface area contributed by atoms with Crippen molar-refractivity contribution in [3.05, 3.63) is 66.4 Å². The number of nitrogens with one attached hydrogen (secondary N) is 1. The first kappa shape index (κ1) is 26.6. The number of carbonyl (C=O) groups is 1. The summed E-state index contributed by atoms with van der Waals surface area (Å²) in [5.74, 6) is 0.327. The maximum atomic E-state index is 13.4. The molecule has 1 saturated heterocycles. The Morgan fingerprint density at radius 1 is 1.03 bits per heavy atom. The molecular weight excluding hydrogens is 499 g/mol. The van der Waals surface area contributed by atoms with Crippen molar-refractivity contribution >= 4 is 42.5 Å². The van der Waals surface area contributed by atoms with E-state index in [0.29, 0.717) is 35.4 Å². The minimum Gasteiger partial charge on any atom is -0.441 e. The average molecular weight is 524 g/mol. The van der Waals surface area contributed by atoms with Gasteiger partial charge in [-0.1, -0.05) is 6.07 Å². The quantitative estimate of drug-likeness (QED) is 0.464. The molecule has 186 valence electrons. The number of carbonyl (C=O) groups excluding carboxylic acids is 1. The zero-order chi connectivity index (χ0) is 22.8. The van der Waals surface area contributed by atoms with Gasteiger partial charge in [-0.2, -0.15) is 0 Å². The third-order valence-electron chi connectivity index (χ3n) is 6.31. The predicted molar refractivity (Wildman–Crippen MR) is 133 cm³/mol. The molecule has 35 heavy (non-hydrogen) atoms. The lowest BCUT2D eigenvalue weighted by molar-refractivity contribution is 0.0148. The van der Waals surface area contributed by atoms with Crippen molar-refractivity contribution < 1.29 is 18.3 Å². The fraction of sp³-hybridized carbons (Fsp3) is 0.333. The molecule has 1 saturated carbocycles. The molecule has 3 aromatic rings. The van der Waals surface area contributed by atoms with Crippen molar-refractivity contribution in [3.63, 3.8) is 0 Å². The molecule has 1 aliphatic carbocycles. The van der Waals surface area contributed by atoms with Crippen LogP contribution in [-0.2, 0) is 4.74 Å². The average Bonchev–Trinajstić information content (AvgIpc) is 3.14. The van der Waals surface area contributed by atoms with Crippen LogP contribution in [0.1, 0.15) is 25.7 Å². The van der Waals surface area contributed by atoms with E-state index < -0.39 is 17.2 Å². The number of benzene rings is 1. The van der Waals surface area contributed by atoms with Crippen LogP contribution in [0.3, 0.4) is 0 Å². The smallest absolute Gasteiger partial charge is 0.416 e. The van der Waals surface area contributed by atoms with Crippen LogP contribution < -0.4 is 10.2 Å². The topological polar surface area (TPSA) is 80.2 Å². The summed E-state index contributed by atoms with van der Waals surface area (Å²) < 4.78 is 32.6. The summed E-state index contributed by atoms with van der Waals surface area (Å²) in [5, 5.41) is 11.5. The highest BCUT2D eigenvalue weighted by molar-refractivity contribution is 5.89. The first-order chi connectivity index (χ1) is 16.0. The number of halogens is 4. The minimum atomic E-state index is -0.653. The van der Waals surface area contributed by atoms with Crippen LogP contribution in [0.4, 0.5) is 25.2 Å². The summed E-state index contributed by atoms with van der Waals surface area (Å²) in [6.45, 7) is 1.24. The van der Waals surface area contributed by atoms with Crippen molar-refractivity contribution in [2.45, 2.75) is 31.3 Å². The lowest BCUT2D eigenvalue weighted by Gasteiger charge is -2.35. The van der Waals surface area contributed by atoms with E-state index in [9.17, 15) is 13.6 Å². The Kier molecular flexibility index (Phi) is 8.45. The van der Waals surface area contributed by atoms with Gasteiger partial charge in [0.2, 0.25) is 0 Å². The summed E-state index contributed by atoms with van der Waals surface area (Å²) in [6, 6.07) is 12.2. The Morgan fingerprint density at radius 3 is 2.40 bits per heavy atom. The summed E-state index contributed by atoms with van der Waals surface area (Å²) in [6.07, 6.45) is 4.77. The molecular formula is C24H25Cl2F2N5O2. The highest BCUT2D eigenvalue weighted by Crippen LogP contribution is 2.40. The molecule has 1 spiro atoms. The third-order valence-corrected chi connectivity index (χ3v) is 6.31. The van der Waals surface area contributed by atoms with Crippen molar-refractivity contribution in [2.24, 2.45) is 5.92 Å². The van der Waals surface area contributed by atoms with Gasteiger partial charge in [-0.3, -0.25) is 4.90 Å². The fourth-order valence-corrected chi connectivity index (χ4v) is 4.51. The molecule has 1 aliphatic heterocycles. The molecule has 0 bridgehead atoms. The Bertz CT molecular complexity index is 1130. The number of hydrogen-bond acceptors (Lipinski definition) is 6. The summed E-state index contributed by atoms with van der Waals surface area (Å²) >= 11 is 0. The summed E-state index contributed by atoms with van der Waals surface area (Å²) in [7, 11) is 0. The monoisotopic (exact) mass is 523 g/mol. The van der Waals surface area contributed by atoms with E-state index in [2.05, 4.69) is 20.5 Å². The molecule has 11 heteroatoms. The molecule has 1 aromatic carbocycles. The van der Waals surface area contributed by atoms with Gasteiger partial charge in [0.15, 0.2) is 0 Å². The number of pyridine rings is 1. The van der Waals surface area contributed by atoms with E-state index in [1.54, 1.807) is 23.2 Å². The molecule has 0 radical (unpaired) electrons. The van der Waals surface area contributed by atoms with Gasteiger partial charge in [-0.25, -0.2) is 18.6 Å². The second kappa shape index (κ2) is 11.1. The highest BCUT2D eigenvalue weighted by Gasteiger charge is 2.47. The maximum Gasteiger partial charge on any atom is 0.416 e. The lowest BCUT2D eigenvalue weighted by atomic mass is 9.78. The maximum absolute atomic E-state index is 13.4. The SMILES string of the molecule is Cl.Cl.O=C1OC2(CCC(CNc3ccc(-c4cc(F)cc(F)c4)nn3)CC2)CN1c1ccccn1. The number of anilines is 2. The molecule has 2 aromatic heterocycles. The van der Waals surface area contributed by atoms with Gasteiger partial charge in [-0.15, -0.1) is 35.0 Å². The van der Waals surface area contributed by atoms with E-state index in [0.717, 1.165) is 38.3 Å². The van der Waals surface area contributed by atoms with Gasteiger partial charge in [0.1, 0.15) is 28.9 Å². The van der Waals surface area contributed by atoms with Crippen LogP contribution in [0.5, 0.6) is 0 Å². The van der Waals surface area contributed by atoms with Crippen molar-refractivity contribution in [2.75, 3.05) is 23.3 Å².